The van der Waals surface area contributed by atoms with E-state index in [2.05, 4.69) is 20.4 Å². The first-order valence-corrected chi connectivity index (χ1v) is 10.2. The van der Waals surface area contributed by atoms with Crippen LogP contribution < -0.4 is 10.1 Å². The van der Waals surface area contributed by atoms with E-state index in [1.807, 2.05) is 54.6 Å². The van der Waals surface area contributed by atoms with Gasteiger partial charge in [0.1, 0.15) is 11.5 Å². The predicted molar refractivity (Wildman–Crippen MR) is 115 cm³/mol. The third-order valence-electron chi connectivity index (χ3n) is 3.98. The number of thioether (sulfide) groups is 1. The molecule has 0 aliphatic rings. The summed E-state index contributed by atoms with van der Waals surface area (Å²) in [5.41, 5.74) is 1.44. The number of rotatable bonds is 7. The standard InChI is InChI=1S/C22H18N4O3S/c1-15-24-22(29-26-15)16-7-12-21(23-13-16)30-14-20(27)25-17-8-10-19(11-9-17)28-18-5-3-2-4-6-18/h2-13H,14H2,1H3,(H,25,27). The van der Waals surface area contributed by atoms with Crippen LogP contribution in [-0.2, 0) is 4.79 Å². The monoisotopic (exact) mass is 418 g/mol. The molecule has 1 amide bonds. The number of amides is 1. The fourth-order valence-corrected chi connectivity index (χ4v) is 3.22. The molecule has 2 heterocycles. The van der Waals surface area contributed by atoms with Gasteiger partial charge < -0.3 is 14.6 Å². The Kier molecular flexibility index (Phi) is 6.05. The van der Waals surface area contributed by atoms with Crippen LogP contribution in [0, 0.1) is 6.92 Å². The number of carbonyl (C=O) groups excluding carboxylic acids is 1. The lowest BCUT2D eigenvalue weighted by Crippen LogP contribution is -2.13. The van der Waals surface area contributed by atoms with Gasteiger partial charge in [-0.3, -0.25) is 4.79 Å². The summed E-state index contributed by atoms with van der Waals surface area (Å²) >= 11 is 1.35. The third kappa shape index (κ3) is 5.24. The maximum absolute atomic E-state index is 12.2. The van der Waals surface area contributed by atoms with Gasteiger partial charge in [0.2, 0.25) is 5.91 Å². The van der Waals surface area contributed by atoms with Gasteiger partial charge in [-0.1, -0.05) is 35.1 Å². The van der Waals surface area contributed by atoms with Gasteiger partial charge in [-0.25, -0.2) is 4.98 Å². The summed E-state index contributed by atoms with van der Waals surface area (Å²) in [6.45, 7) is 1.76. The molecule has 2 aromatic heterocycles. The summed E-state index contributed by atoms with van der Waals surface area (Å²) in [5.74, 6) is 2.59. The molecular formula is C22H18N4O3S. The average molecular weight is 418 g/mol. The van der Waals surface area contributed by atoms with Crippen LogP contribution in [0.15, 0.2) is 82.5 Å². The van der Waals surface area contributed by atoms with Crippen molar-refractivity contribution in [3.05, 3.63) is 78.8 Å². The minimum absolute atomic E-state index is 0.116. The molecule has 0 fully saturated rings. The fraction of sp³-hybridized carbons (Fsp3) is 0.0909. The van der Waals surface area contributed by atoms with Crippen LogP contribution in [0.4, 0.5) is 5.69 Å². The van der Waals surface area contributed by atoms with Crippen molar-refractivity contribution in [3.63, 3.8) is 0 Å². The zero-order valence-corrected chi connectivity index (χ0v) is 16.9. The zero-order chi connectivity index (χ0) is 20.8. The lowest BCUT2D eigenvalue weighted by atomic mass is 10.3. The van der Waals surface area contributed by atoms with Crippen molar-refractivity contribution in [2.45, 2.75) is 11.9 Å². The minimum Gasteiger partial charge on any atom is -0.457 e. The van der Waals surface area contributed by atoms with Crippen molar-refractivity contribution in [1.82, 2.24) is 15.1 Å². The average Bonchev–Trinajstić information content (AvgIpc) is 3.21. The number of para-hydroxylation sites is 1. The predicted octanol–water partition coefficient (Wildman–Crippen LogP) is 4.96. The van der Waals surface area contributed by atoms with E-state index in [1.54, 1.807) is 25.3 Å². The number of pyridine rings is 1. The number of nitrogens with zero attached hydrogens (tertiary/aromatic N) is 3. The van der Waals surface area contributed by atoms with Crippen LogP contribution in [0.5, 0.6) is 11.5 Å². The maximum Gasteiger partial charge on any atom is 0.259 e. The van der Waals surface area contributed by atoms with E-state index in [9.17, 15) is 4.79 Å². The Hall–Kier alpha value is -3.65. The van der Waals surface area contributed by atoms with Gasteiger partial charge in [-0.2, -0.15) is 4.98 Å². The Labute approximate surface area is 177 Å². The van der Waals surface area contributed by atoms with Crippen LogP contribution in [0.25, 0.3) is 11.5 Å². The van der Waals surface area contributed by atoms with Gasteiger partial charge in [0.15, 0.2) is 5.82 Å². The number of nitrogens with one attached hydrogen (secondary N) is 1. The highest BCUT2D eigenvalue weighted by molar-refractivity contribution is 7.99. The molecule has 7 nitrogen and oxygen atoms in total. The van der Waals surface area contributed by atoms with E-state index in [1.165, 1.54) is 11.8 Å². The summed E-state index contributed by atoms with van der Waals surface area (Å²) in [4.78, 5) is 20.7. The first-order chi connectivity index (χ1) is 14.7. The molecule has 0 atom stereocenters. The van der Waals surface area contributed by atoms with E-state index in [0.29, 0.717) is 23.2 Å². The molecule has 0 saturated heterocycles. The number of hydrogen-bond acceptors (Lipinski definition) is 7. The number of ether oxygens (including phenoxy) is 1. The minimum atomic E-state index is -0.116. The third-order valence-corrected chi connectivity index (χ3v) is 4.92. The molecule has 30 heavy (non-hydrogen) atoms. The quantitative estimate of drug-likeness (QED) is 0.424. The first-order valence-electron chi connectivity index (χ1n) is 9.18. The second kappa shape index (κ2) is 9.23. The molecule has 0 unspecified atom stereocenters. The summed E-state index contributed by atoms with van der Waals surface area (Å²) < 4.78 is 10.9. The van der Waals surface area contributed by atoms with Crippen molar-refractivity contribution in [2.75, 3.05) is 11.1 Å². The summed E-state index contributed by atoms with van der Waals surface area (Å²) in [5, 5.41) is 7.36. The van der Waals surface area contributed by atoms with Crippen LogP contribution in [0.3, 0.4) is 0 Å². The molecular weight excluding hydrogens is 400 g/mol. The molecule has 1 N–H and O–H groups in total. The van der Waals surface area contributed by atoms with Crippen molar-refractivity contribution in [2.24, 2.45) is 0 Å². The summed E-state index contributed by atoms with van der Waals surface area (Å²) in [7, 11) is 0. The fourth-order valence-electron chi connectivity index (χ4n) is 2.57. The van der Waals surface area contributed by atoms with Gasteiger partial charge in [0.05, 0.1) is 16.3 Å². The van der Waals surface area contributed by atoms with Gasteiger partial charge >= 0.3 is 0 Å². The number of aromatic nitrogens is 3. The maximum atomic E-state index is 12.2. The SMILES string of the molecule is Cc1noc(-c2ccc(SCC(=O)Nc3ccc(Oc4ccccc4)cc3)nc2)n1. The Morgan fingerprint density at radius 3 is 2.47 bits per heavy atom. The lowest BCUT2D eigenvalue weighted by molar-refractivity contribution is -0.113. The van der Waals surface area contributed by atoms with Crippen molar-refractivity contribution >= 4 is 23.4 Å². The highest BCUT2D eigenvalue weighted by atomic mass is 32.2. The van der Waals surface area contributed by atoms with E-state index in [-0.39, 0.29) is 11.7 Å². The molecule has 0 saturated carbocycles. The lowest BCUT2D eigenvalue weighted by Gasteiger charge is -2.08. The smallest absolute Gasteiger partial charge is 0.259 e. The molecule has 4 rings (SSSR count). The Bertz CT molecular complexity index is 1110. The van der Waals surface area contributed by atoms with E-state index in [4.69, 9.17) is 9.26 Å². The van der Waals surface area contributed by atoms with Crippen LogP contribution >= 0.6 is 11.8 Å². The second-order valence-electron chi connectivity index (χ2n) is 6.31. The van der Waals surface area contributed by atoms with E-state index < -0.39 is 0 Å². The number of aryl methyl sites for hydroxylation is 1. The van der Waals surface area contributed by atoms with Gasteiger partial charge in [0.25, 0.3) is 5.89 Å². The topological polar surface area (TPSA) is 90.1 Å². The molecule has 4 aromatic rings. The number of hydrogen-bond donors (Lipinski definition) is 1. The molecule has 150 valence electrons. The largest absolute Gasteiger partial charge is 0.457 e. The van der Waals surface area contributed by atoms with Crippen LogP contribution in [0.2, 0.25) is 0 Å². The highest BCUT2D eigenvalue weighted by Crippen LogP contribution is 2.24. The Morgan fingerprint density at radius 1 is 1.03 bits per heavy atom. The molecule has 8 heteroatoms. The van der Waals surface area contributed by atoms with Crippen LogP contribution in [0.1, 0.15) is 5.82 Å². The molecule has 0 bridgehead atoms. The second-order valence-corrected chi connectivity index (χ2v) is 7.30. The molecule has 0 spiro atoms. The van der Waals surface area contributed by atoms with Crippen molar-refractivity contribution < 1.29 is 14.1 Å². The molecule has 0 radical (unpaired) electrons. The molecule has 0 aliphatic carbocycles. The van der Waals surface area contributed by atoms with Crippen molar-refractivity contribution in [1.29, 1.82) is 0 Å². The van der Waals surface area contributed by atoms with Gasteiger partial charge in [-0.15, -0.1) is 0 Å². The number of carbonyl (C=O) groups is 1. The van der Waals surface area contributed by atoms with E-state index in [0.717, 1.165) is 16.3 Å². The number of benzene rings is 2. The van der Waals surface area contributed by atoms with Crippen LogP contribution in [-0.4, -0.2) is 26.8 Å². The first kappa shape index (κ1) is 19.7. The zero-order valence-electron chi connectivity index (χ0n) is 16.1. The number of anilines is 1. The molecule has 2 aromatic carbocycles. The summed E-state index contributed by atoms with van der Waals surface area (Å²) in [6.07, 6.45) is 1.65. The van der Waals surface area contributed by atoms with Gasteiger partial charge in [0, 0.05) is 11.9 Å². The highest BCUT2D eigenvalue weighted by Gasteiger charge is 2.09. The summed E-state index contributed by atoms with van der Waals surface area (Å²) in [6, 6.07) is 20.4. The van der Waals surface area contributed by atoms with E-state index >= 15 is 0 Å². The van der Waals surface area contributed by atoms with Crippen molar-refractivity contribution in [3.8, 4) is 23.0 Å². The Morgan fingerprint density at radius 2 is 1.80 bits per heavy atom. The molecule has 0 aliphatic heterocycles. The van der Waals surface area contributed by atoms with Gasteiger partial charge in [-0.05, 0) is 55.5 Å². The Balaban J connectivity index is 1.27. The normalized spacial score (nSPS) is 10.6.